The monoisotopic (exact) mass is 540 g/mol. The van der Waals surface area contributed by atoms with E-state index in [2.05, 4.69) is 5.32 Å². The van der Waals surface area contributed by atoms with Crippen LogP contribution in [0.25, 0.3) is 0 Å². The largest absolute Gasteiger partial charge is 0.483 e. The molecule has 0 saturated heterocycles. The minimum atomic E-state index is -0.793. The number of nitrogens with one attached hydrogen (secondary N) is 1. The third-order valence-corrected chi connectivity index (χ3v) is 7.05. The summed E-state index contributed by atoms with van der Waals surface area (Å²) in [6.45, 7) is 7.72. The molecule has 0 saturated carbocycles. The minimum Gasteiger partial charge on any atom is -0.483 e. The zero-order valence-electron chi connectivity index (χ0n) is 21.8. The third-order valence-electron chi connectivity index (χ3n) is 6.34. The second-order valence-electron chi connectivity index (χ2n) is 9.30. The summed E-state index contributed by atoms with van der Waals surface area (Å²) < 4.78 is 5.93. The lowest BCUT2D eigenvalue weighted by Gasteiger charge is -2.32. The molecule has 0 aliphatic carbocycles. The Labute approximate surface area is 229 Å². The Morgan fingerprint density at radius 1 is 0.973 bits per heavy atom. The van der Waals surface area contributed by atoms with Crippen LogP contribution in [0, 0.1) is 13.8 Å². The van der Waals surface area contributed by atoms with Crippen molar-refractivity contribution in [1.29, 1.82) is 0 Å². The summed E-state index contributed by atoms with van der Waals surface area (Å²) in [5.74, 6) is 0.0516. The normalized spacial score (nSPS) is 12.5. The van der Waals surface area contributed by atoms with Gasteiger partial charge in [-0.25, -0.2) is 0 Å². The maximum absolute atomic E-state index is 13.7. The second kappa shape index (κ2) is 13.5. The van der Waals surface area contributed by atoms with Gasteiger partial charge in [0.25, 0.3) is 5.91 Å². The van der Waals surface area contributed by atoms with Gasteiger partial charge in [0.05, 0.1) is 0 Å². The van der Waals surface area contributed by atoms with Gasteiger partial charge < -0.3 is 15.0 Å². The number of carbonyl (C=O) groups excluding carboxylic acids is 2. The smallest absolute Gasteiger partial charge is 0.261 e. The average molecular weight is 542 g/mol. The fourth-order valence-electron chi connectivity index (χ4n) is 4.03. The first-order valence-corrected chi connectivity index (χ1v) is 13.2. The van der Waals surface area contributed by atoms with E-state index in [0.29, 0.717) is 27.8 Å². The van der Waals surface area contributed by atoms with E-state index >= 15 is 0 Å². The highest BCUT2D eigenvalue weighted by Crippen LogP contribution is 2.27. The topological polar surface area (TPSA) is 58.6 Å². The Morgan fingerprint density at radius 3 is 2.27 bits per heavy atom. The summed E-state index contributed by atoms with van der Waals surface area (Å²) in [6.07, 6.45) is 1.10. The Morgan fingerprint density at radius 2 is 1.65 bits per heavy atom. The number of halogens is 2. The number of nitrogens with zero attached hydrogens (tertiary/aromatic N) is 1. The lowest BCUT2D eigenvalue weighted by atomic mass is 10.0. The molecule has 7 heteroatoms. The van der Waals surface area contributed by atoms with Crippen LogP contribution in [0.5, 0.6) is 5.75 Å². The number of carbonyl (C=O) groups is 2. The van der Waals surface area contributed by atoms with Crippen LogP contribution in [0.15, 0.2) is 66.7 Å². The predicted molar refractivity (Wildman–Crippen MR) is 150 cm³/mol. The van der Waals surface area contributed by atoms with Crippen molar-refractivity contribution in [1.82, 2.24) is 10.2 Å². The van der Waals surface area contributed by atoms with Gasteiger partial charge in [0.2, 0.25) is 5.91 Å². The molecule has 1 N–H and O–H groups in total. The van der Waals surface area contributed by atoms with E-state index in [1.165, 1.54) is 4.90 Å². The molecular weight excluding hydrogens is 507 g/mol. The Bertz CT molecular complexity index is 1200. The molecular formula is C30H34Cl2N2O3. The fourth-order valence-corrected chi connectivity index (χ4v) is 4.55. The first-order valence-electron chi connectivity index (χ1n) is 12.5. The summed E-state index contributed by atoms with van der Waals surface area (Å²) in [4.78, 5) is 28.9. The van der Waals surface area contributed by atoms with Gasteiger partial charge in [0, 0.05) is 34.6 Å². The summed E-state index contributed by atoms with van der Waals surface area (Å²) in [7, 11) is 0. The van der Waals surface area contributed by atoms with Gasteiger partial charge in [-0.1, -0.05) is 84.2 Å². The van der Waals surface area contributed by atoms with Crippen molar-refractivity contribution in [2.45, 2.75) is 59.2 Å². The molecule has 0 heterocycles. The highest BCUT2D eigenvalue weighted by atomic mass is 35.5. The molecule has 0 aliphatic rings. The van der Waals surface area contributed by atoms with E-state index in [-0.39, 0.29) is 31.0 Å². The number of hydrogen-bond acceptors (Lipinski definition) is 3. The van der Waals surface area contributed by atoms with Crippen molar-refractivity contribution in [3.05, 3.63) is 99.0 Å². The van der Waals surface area contributed by atoms with Crippen LogP contribution < -0.4 is 10.1 Å². The van der Waals surface area contributed by atoms with Crippen LogP contribution >= 0.6 is 23.2 Å². The lowest BCUT2D eigenvalue weighted by Crippen LogP contribution is -2.53. The van der Waals surface area contributed by atoms with Gasteiger partial charge in [0.15, 0.2) is 6.61 Å². The summed E-state index contributed by atoms with van der Waals surface area (Å²) in [6, 6.07) is 19.8. The molecule has 2 amide bonds. The van der Waals surface area contributed by atoms with Gasteiger partial charge in [-0.15, -0.1) is 0 Å². The molecule has 196 valence electrons. The van der Waals surface area contributed by atoms with Crippen molar-refractivity contribution >= 4 is 35.0 Å². The van der Waals surface area contributed by atoms with Gasteiger partial charge >= 0.3 is 0 Å². The standard InChI is InChI=1S/C30H34Cl2N2O3/c1-5-22(4)33-30(36)27(17-23-10-7-6-8-11-23)34(18-24-25(31)12-9-13-26(24)32)29(35)19-37-28-15-14-20(2)16-21(28)3/h6-16,22,27H,5,17-19H2,1-4H3,(H,33,36)/t22-,27+/m1/s1. The highest BCUT2D eigenvalue weighted by molar-refractivity contribution is 6.36. The SMILES string of the molecule is CC[C@@H](C)NC(=O)[C@H](Cc1ccccc1)N(Cc1c(Cl)cccc1Cl)C(=O)COc1ccc(C)cc1C. The van der Waals surface area contributed by atoms with E-state index in [1.807, 2.05) is 76.2 Å². The maximum Gasteiger partial charge on any atom is 0.261 e. The molecule has 5 nitrogen and oxygen atoms in total. The Hall–Kier alpha value is -3.02. The molecule has 0 aliphatic heterocycles. The number of aryl methyl sites for hydroxylation is 2. The molecule has 3 aromatic rings. The van der Waals surface area contributed by atoms with Crippen molar-refractivity contribution in [3.8, 4) is 5.75 Å². The maximum atomic E-state index is 13.7. The molecule has 0 bridgehead atoms. The predicted octanol–water partition coefficient (Wildman–Crippen LogP) is 6.54. The quantitative estimate of drug-likeness (QED) is 0.300. The molecule has 0 spiro atoms. The molecule has 0 unspecified atom stereocenters. The molecule has 37 heavy (non-hydrogen) atoms. The van der Waals surface area contributed by atoms with Crippen LogP contribution in [-0.4, -0.2) is 35.4 Å². The first kappa shape index (κ1) is 28.5. The zero-order valence-corrected chi connectivity index (χ0v) is 23.3. The van der Waals surface area contributed by atoms with Crippen molar-refractivity contribution in [2.75, 3.05) is 6.61 Å². The fraction of sp³-hybridized carbons (Fsp3) is 0.333. The highest BCUT2D eigenvalue weighted by Gasteiger charge is 2.32. The first-order chi connectivity index (χ1) is 17.7. The van der Waals surface area contributed by atoms with Crippen LogP contribution in [-0.2, 0) is 22.6 Å². The number of amides is 2. The summed E-state index contributed by atoms with van der Waals surface area (Å²) in [5, 5.41) is 3.91. The zero-order chi connectivity index (χ0) is 26.9. The van der Waals surface area contributed by atoms with Crippen molar-refractivity contribution in [2.24, 2.45) is 0 Å². The third kappa shape index (κ3) is 7.98. The van der Waals surface area contributed by atoms with Gasteiger partial charge in [-0.05, 0) is 56.5 Å². The van der Waals surface area contributed by atoms with E-state index in [1.54, 1.807) is 18.2 Å². The van der Waals surface area contributed by atoms with Crippen LogP contribution in [0.3, 0.4) is 0 Å². The van der Waals surface area contributed by atoms with Gasteiger partial charge in [-0.3, -0.25) is 9.59 Å². The number of benzene rings is 3. The van der Waals surface area contributed by atoms with E-state index in [4.69, 9.17) is 27.9 Å². The summed E-state index contributed by atoms with van der Waals surface area (Å²) in [5.41, 5.74) is 3.56. The number of ether oxygens (including phenoxy) is 1. The molecule has 3 aromatic carbocycles. The minimum absolute atomic E-state index is 0.0434. The Balaban J connectivity index is 1.97. The molecule has 0 fully saturated rings. The van der Waals surface area contributed by atoms with Gasteiger partial charge in [-0.2, -0.15) is 0 Å². The van der Waals surface area contributed by atoms with E-state index < -0.39 is 6.04 Å². The van der Waals surface area contributed by atoms with Crippen LogP contribution in [0.2, 0.25) is 10.0 Å². The van der Waals surface area contributed by atoms with Crippen molar-refractivity contribution in [3.63, 3.8) is 0 Å². The molecule has 0 radical (unpaired) electrons. The average Bonchev–Trinajstić information content (AvgIpc) is 2.87. The lowest BCUT2D eigenvalue weighted by molar-refractivity contribution is -0.143. The van der Waals surface area contributed by atoms with Crippen LogP contribution in [0.1, 0.15) is 42.5 Å². The molecule has 3 rings (SSSR count). The van der Waals surface area contributed by atoms with Gasteiger partial charge in [0.1, 0.15) is 11.8 Å². The second-order valence-corrected chi connectivity index (χ2v) is 10.1. The Kier molecular flexibility index (Phi) is 10.4. The van der Waals surface area contributed by atoms with E-state index in [0.717, 1.165) is 23.1 Å². The summed E-state index contributed by atoms with van der Waals surface area (Å²) >= 11 is 13.0. The van der Waals surface area contributed by atoms with E-state index in [9.17, 15) is 9.59 Å². The molecule has 2 atom stereocenters. The number of hydrogen-bond donors (Lipinski definition) is 1. The number of rotatable bonds is 11. The van der Waals surface area contributed by atoms with Crippen LogP contribution in [0.4, 0.5) is 0 Å². The molecule has 0 aromatic heterocycles. The van der Waals surface area contributed by atoms with Crippen molar-refractivity contribution < 1.29 is 14.3 Å².